The lowest BCUT2D eigenvalue weighted by atomic mass is 10.3. The summed E-state index contributed by atoms with van der Waals surface area (Å²) in [6.07, 6.45) is 0. The van der Waals surface area contributed by atoms with Crippen LogP contribution in [0.3, 0.4) is 0 Å². The Morgan fingerprint density at radius 3 is 2.60 bits per heavy atom. The third-order valence-corrected chi connectivity index (χ3v) is 3.28. The summed E-state index contributed by atoms with van der Waals surface area (Å²) in [6.45, 7) is 1.55. The highest BCUT2D eigenvalue weighted by molar-refractivity contribution is 7.74. The molecule has 0 bridgehead atoms. The first kappa shape index (κ1) is 14.5. The molecular weight excluding hydrogens is 282 g/mol. The number of anilines is 1. The van der Waals surface area contributed by atoms with Crippen LogP contribution in [0.15, 0.2) is 35.1 Å². The normalized spacial score (nSPS) is 12.3. The second kappa shape index (κ2) is 6.04. The van der Waals surface area contributed by atoms with E-state index >= 15 is 0 Å². The second-order valence-electron chi connectivity index (χ2n) is 4.09. The molecule has 0 fully saturated rings. The zero-order valence-corrected chi connectivity index (χ0v) is 11.9. The largest absolute Gasteiger partial charge is 0.356 e. The Balaban J connectivity index is 2.37. The van der Waals surface area contributed by atoms with Gasteiger partial charge in [-0.3, -0.25) is 14.0 Å². The van der Waals surface area contributed by atoms with Crippen molar-refractivity contribution in [3.8, 4) is 5.69 Å². The van der Waals surface area contributed by atoms with Crippen LogP contribution in [-0.4, -0.2) is 24.9 Å². The Labute approximate surface area is 118 Å². The van der Waals surface area contributed by atoms with Gasteiger partial charge in [0.05, 0.1) is 11.4 Å². The van der Waals surface area contributed by atoms with Crippen LogP contribution >= 0.6 is 0 Å². The van der Waals surface area contributed by atoms with E-state index in [9.17, 15) is 9.00 Å². The third-order valence-electron chi connectivity index (χ3n) is 2.96. The van der Waals surface area contributed by atoms with Crippen LogP contribution in [0.1, 0.15) is 5.69 Å². The van der Waals surface area contributed by atoms with E-state index in [1.165, 1.54) is 4.68 Å². The van der Waals surface area contributed by atoms with E-state index in [-0.39, 0.29) is 12.3 Å². The molecule has 1 atom stereocenters. The number of hydrogen-bond donors (Lipinski definition) is 2. The summed E-state index contributed by atoms with van der Waals surface area (Å²) in [5, 5.41) is 2.71. The second-order valence-corrected chi connectivity index (χ2v) is 4.76. The molecule has 0 saturated heterocycles. The number of para-hydroxylation sites is 1. The lowest BCUT2D eigenvalue weighted by molar-refractivity contribution is 0.330. The van der Waals surface area contributed by atoms with Crippen LogP contribution < -0.4 is 10.9 Å². The first-order valence-corrected chi connectivity index (χ1v) is 6.87. The Hall–Kier alpha value is -1.90. The third kappa shape index (κ3) is 2.82. The lowest BCUT2D eigenvalue weighted by Gasteiger charge is -2.07. The Morgan fingerprint density at radius 2 is 2.00 bits per heavy atom. The molecule has 2 N–H and O–H groups in total. The molecule has 0 saturated carbocycles. The molecule has 0 amide bonds. The van der Waals surface area contributed by atoms with E-state index in [4.69, 9.17) is 4.55 Å². The maximum Gasteiger partial charge on any atom is 0.303 e. The number of nitrogens with one attached hydrogen (secondary N) is 1. The Kier molecular flexibility index (Phi) is 4.38. The van der Waals surface area contributed by atoms with Crippen LogP contribution in [0.25, 0.3) is 5.69 Å². The van der Waals surface area contributed by atoms with E-state index in [0.717, 1.165) is 5.69 Å². The number of rotatable bonds is 5. The smallest absolute Gasteiger partial charge is 0.303 e. The summed E-state index contributed by atoms with van der Waals surface area (Å²) in [4.78, 5) is 12.4. The van der Waals surface area contributed by atoms with Crippen molar-refractivity contribution in [2.24, 2.45) is 7.05 Å². The molecule has 0 aliphatic heterocycles. The predicted molar refractivity (Wildman–Crippen MR) is 76.1 cm³/mol. The van der Waals surface area contributed by atoms with Crippen molar-refractivity contribution in [3.05, 3.63) is 46.4 Å². The predicted octanol–water partition coefficient (Wildman–Crippen LogP) is 1.01. The topological polar surface area (TPSA) is 85.5 Å². The molecule has 7 nitrogen and oxygen atoms in total. The Bertz CT molecular complexity index is 678. The first-order chi connectivity index (χ1) is 9.52. The minimum absolute atomic E-state index is 0.224. The molecular formula is C12H15N3O4S. The van der Waals surface area contributed by atoms with Crippen molar-refractivity contribution in [1.82, 2.24) is 9.36 Å². The van der Waals surface area contributed by atoms with E-state index < -0.39 is 11.4 Å². The summed E-state index contributed by atoms with van der Waals surface area (Å²) >= 11 is -2.37. The van der Waals surface area contributed by atoms with Crippen molar-refractivity contribution >= 4 is 17.0 Å². The fourth-order valence-electron chi connectivity index (χ4n) is 1.92. The number of benzene rings is 1. The summed E-state index contributed by atoms with van der Waals surface area (Å²) in [6, 6.07) is 9.20. The maximum absolute atomic E-state index is 12.4. The monoisotopic (exact) mass is 297 g/mol. The number of hydrogen-bond acceptors (Lipinski definition) is 4. The SMILES string of the molecule is Cc1c(NCOS(=O)O)c(=O)n(-c2ccccc2)n1C. The van der Waals surface area contributed by atoms with E-state index in [0.29, 0.717) is 11.4 Å². The maximum atomic E-state index is 12.4. The van der Waals surface area contributed by atoms with Gasteiger partial charge in [0, 0.05) is 7.05 Å². The van der Waals surface area contributed by atoms with Crippen LogP contribution in [-0.2, 0) is 22.6 Å². The van der Waals surface area contributed by atoms with Crippen molar-refractivity contribution in [3.63, 3.8) is 0 Å². The van der Waals surface area contributed by atoms with Crippen molar-refractivity contribution in [2.45, 2.75) is 6.92 Å². The quantitative estimate of drug-likeness (QED) is 0.635. The van der Waals surface area contributed by atoms with E-state index in [1.807, 2.05) is 30.3 Å². The summed E-state index contributed by atoms with van der Waals surface area (Å²) in [5.74, 6) is 0. The highest BCUT2D eigenvalue weighted by Gasteiger charge is 2.15. The highest BCUT2D eigenvalue weighted by Crippen LogP contribution is 2.13. The van der Waals surface area contributed by atoms with Gasteiger partial charge in [-0.1, -0.05) is 18.2 Å². The standard InChI is InChI=1S/C12H15N3O4S/c1-9-11(13-8-19-20(17)18)12(16)15(14(9)2)10-6-4-3-5-7-10/h3-7,13H,8H2,1-2H3,(H,17,18). The zero-order valence-electron chi connectivity index (χ0n) is 11.1. The highest BCUT2D eigenvalue weighted by atomic mass is 32.2. The van der Waals surface area contributed by atoms with Gasteiger partial charge in [0.2, 0.25) is 0 Å². The van der Waals surface area contributed by atoms with Crippen molar-refractivity contribution in [1.29, 1.82) is 0 Å². The van der Waals surface area contributed by atoms with Gasteiger partial charge in [0.15, 0.2) is 0 Å². The fourth-order valence-corrected chi connectivity index (χ4v) is 2.08. The minimum Gasteiger partial charge on any atom is -0.356 e. The molecule has 8 heteroatoms. The summed E-state index contributed by atoms with van der Waals surface area (Å²) in [7, 11) is 1.76. The van der Waals surface area contributed by atoms with Gasteiger partial charge in [-0.05, 0) is 19.1 Å². The summed E-state index contributed by atoms with van der Waals surface area (Å²) in [5.41, 5.74) is 1.53. The average Bonchev–Trinajstić information content (AvgIpc) is 2.63. The van der Waals surface area contributed by atoms with Crippen LogP contribution in [0.2, 0.25) is 0 Å². The molecule has 2 rings (SSSR count). The molecule has 0 radical (unpaired) electrons. The molecule has 0 spiro atoms. The Morgan fingerprint density at radius 1 is 1.35 bits per heavy atom. The fraction of sp³-hybridized carbons (Fsp3) is 0.250. The van der Waals surface area contributed by atoms with Gasteiger partial charge in [-0.25, -0.2) is 8.86 Å². The molecule has 1 unspecified atom stereocenters. The van der Waals surface area contributed by atoms with E-state index in [2.05, 4.69) is 9.50 Å². The molecule has 20 heavy (non-hydrogen) atoms. The zero-order chi connectivity index (χ0) is 14.7. The number of nitrogens with zero attached hydrogens (tertiary/aromatic N) is 2. The van der Waals surface area contributed by atoms with Crippen molar-refractivity contribution < 1.29 is 12.9 Å². The molecule has 1 aromatic carbocycles. The van der Waals surface area contributed by atoms with Crippen LogP contribution in [0, 0.1) is 6.92 Å². The molecule has 108 valence electrons. The van der Waals surface area contributed by atoms with Gasteiger partial charge < -0.3 is 5.32 Å². The van der Waals surface area contributed by atoms with E-state index in [1.54, 1.807) is 18.7 Å². The van der Waals surface area contributed by atoms with Crippen molar-refractivity contribution in [2.75, 3.05) is 12.0 Å². The molecule has 1 heterocycles. The minimum atomic E-state index is -2.37. The number of aromatic nitrogens is 2. The molecule has 2 aromatic rings. The molecule has 0 aliphatic carbocycles. The summed E-state index contributed by atoms with van der Waals surface area (Å²) < 4.78 is 26.6. The first-order valence-electron chi connectivity index (χ1n) is 5.84. The lowest BCUT2D eigenvalue weighted by Crippen LogP contribution is -2.21. The molecule has 0 aliphatic rings. The van der Waals surface area contributed by atoms with Gasteiger partial charge in [0.25, 0.3) is 5.56 Å². The van der Waals surface area contributed by atoms with Gasteiger partial charge in [-0.2, -0.15) is 4.21 Å². The van der Waals surface area contributed by atoms with Crippen LogP contribution in [0.4, 0.5) is 5.69 Å². The van der Waals surface area contributed by atoms with Gasteiger partial charge in [-0.15, -0.1) is 0 Å². The molecule has 1 aromatic heterocycles. The van der Waals surface area contributed by atoms with Crippen LogP contribution in [0.5, 0.6) is 0 Å². The van der Waals surface area contributed by atoms with Gasteiger partial charge >= 0.3 is 11.4 Å². The average molecular weight is 297 g/mol. The van der Waals surface area contributed by atoms with Gasteiger partial charge in [0.1, 0.15) is 12.4 Å².